The van der Waals surface area contributed by atoms with Gasteiger partial charge in [-0.2, -0.15) is 0 Å². The highest BCUT2D eigenvalue weighted by molar-refractivity contribution is 7.07. The van der Waals surface area contributed by atoms with Gasteiger partial charge < -0.3 is 18.9 Å². The summed E-state index contributed by atoms with van der Waals surface area (Å²) in [7, 11) is 0. The van der Waals surface area contributed by atoms with Gasteiger partial charge in [-0.15, -0.1) is 0 Å². The lowest BCUT2D eigenvalue weighted by atomic mass is 9.95. The van der Waals surface area contributed by atoms with E-state index in [9.17, 15) is 9.59 Å². The highest BCUT2D eigenvalue weighted by Crippen LogP contribution is 2.36. The highest BCUT2D eigenvalue weighted by Gasteiger charge is 2.34. The average Bonchev–Trinajstić information content (AvgIpc) is 3.20. The van der Waals surface area contributed by atoms with Crippen molar-refractivity contribution >= 4 is 23.4 Å². The van der Waals surface area contributed by atoms with Gasteiger partial charge in [-0.1, -0.05) is 29.5 Å². The first-order valence-electron chi connectivity index (χ1n) is 12.7. The molecule has 0 saturated carbocycles. The monoisotopic (exact) mass is 536 g/mol. The molecule has 0 amide bonds. The van der Waals surface area contributed by atoms with Crippen LogP contribution >= 0.6 is 11.3 Å². The van der Waals surface area contributed by atoms with Gasteiger partial charge in [-0.25, -0.2) is 9.79 Å². The van der Waals surface area contributed by atoms with Crippen LogP contribution in [0.2, 0.25) is 0 Å². The molecular weight excluding hydrogens is 504 g/mol. The van der Waals surface area contributed by atoms with E-state index in [0.717, 1.165) is 11.3 Å². The van der Waals surface area contributed by atoms with Gasteiger partial charge in [0.2, 0.25) is 0 Å². The van der Waals surface area contributed by atoms with Crippen molar-refractivity contribution in [2.24, 2.45) is 4.99 Å². The number of ether oxygens (including phenoxy) is 4. The highest BCUT2D eigenvalue weighted by atomic mass is 32.1. The molecule has 0 fully saturated rings. The van der Waals surface area contributed by atoms with Crippen molar-refractivity contribution in [1.29, 1.82) is 0 Å². The zero-order chi connectivity index (χ0) is 27.2. The molecule has 4 rings (SSSR count). The molecular formula is C29H32N2O6S. The normalized spacial score (nSPS) is 15.1. The molecule has 9 heteroatoms. The van der Waals surface area contributed by atoms with Crippen LogP contribution in [0.4, 0.5) is 0 Å². The summed E-state index contributed by atoms with van der Waals surface area (Å²) in [5, 5.41) is 0. The molecule has 2 aromatic carbocycles. The zero-order valence-corrected chi connectivity index (χ0v) is 23.1. The third kappa shape index (κ3) is 5.52. The van der Waals surface area contributed by atoms with Crippen molar-refractivity contribution in [3.05, 3.63) is 84.5 Å². The van der Waals surface area contributed by atoms with Gasteiger partial charge in [0.05, 0.1) is 48.3 Å². The second-order valence-corrected chi connectivity index (χ2v) is 9.39. The Kier molecular flexibility index (Phi) is 8.68. The van der Waals surface area contributed by atoms with E-state index < -0.39 is 12.0 Å². The summed E-state index contributed by atoms with van der Waals surface area (Å²) in [4.78, 5) is 32.1. The topological polar surface area (TPSA) is 88.4 Å². The molecule has 1 aromatic heterocycles. The fraction of sp³-hybridized carbons (Fsp3) is 0.345. The summed E-state index contributed by atoms with van der Waals surface area (Å²) in [5.41, 5.74) is 2.14. The number of fused-ring (bicyclic) bond motifs is 1. The van der Waals surface area contributed by atoms with Gasteiger partial charge in [-0.3, -0.25) is 9.36 Å². The first-order valence-corrected chi connectivity index (χ1v) is 13.5. The van der Waals surface area contributed by atoms with Gasteiger partial charge in [0.1, 0.15) is 5.75 Å². The maximum Gasteiger partial charge on any atom is 0.338 e. The average molecular weight is 537 g/mol. The molecule has 0 spiro atoms. The van der Waals surface area contributed by atoms with Crippen LogP contribution in [0.15, 0.2) is 63.5 Å². The Bertz CT molecular complexity index is 1520. The summed E-state index contributed by atoms with van der Waals surface area (Å²) in [5.74, 6) is 1.40. The number of carbonyl (C=O) groups is 1. The van der Waals surface area contributed by atoms with Gasteiger partial charge in [0, 0.05) is 0 Å². The van der Waals surface area contributed by atoms with Crippen molar-refractivity contribution in [2.45, 2.75) is 40.7 Å². The minimum Gasteiger partial charge on any atom is -0.494 e. The van der Waals surface area contributed by atoms with Gasteiger partial charge in [0.15, 0.2) is 16.3 Å². The van der Waals surface area contributed by atoms with E-state index in [0.29, 0.717) is 57.5 Å². The SMILES string of the molecule is CCOC(=O)C1=C(C)N=c2s/c(=C\c3ccc(OCC)cc3)c(=O)n2[C@H]1c1ccc(OCC)c(OCC)c1. The van der Waals surface area contributed by atoms with Crippen LogP contribution in [-0.4, -0.2) is 37.0 Å². The zero-order valence-electron chi connectivity index (χ0n) is 22.3. The molecule has 200 valence electrons. The Labute approximate surface area is 225 Å². The third-order valence-electron chi connectivity index (χ3n) is 5.89. The number of esters is 1. The van der Waals surface area contributed by atoms with Gasteiger partial charge in [-0.05, 0) is 76.1 Å². The Morgan fingerprint density at radius 1 is 0.947 bits per heavy atom. The number of allylic oxidation sites excluding steroid dienone is 1. The lowest BCUT2D eigenvalue weighted by molar-refractivity contribution is -0.139. The van der Waals surface area contributed by atoms with E-state index in [-0.39, 0.29) is 12.2 Å². The van der Waals surface area contributed by atoms with Crippen molar-refractivity contribution in [3.8, 4) is 17.2 Å². The number of hydrogen-bond donors (Lipinski definition) is 0. The van der Waals surface area contributed by atoms with E-state index in [4.69, 9.17) is 18.9 Å². The molecule has 0 radical (unpaired) electrons. The lowest BCUT2D eigenvalue weighted by Gasteiger charge is -2.25. The molecule has 8 nitrogen and oxygen atoms in total. The molecule has 3 aromatic rings. The molecule has 1 aliphatic rings. The Balaban J connectivity index is 1.90. The first-order chi connectivity index (χ1) is 18.4. The van der Waals surface area contributed by atoms with E-state index in [2.05, 4.69) is 4.99 Å². The number of benzene rings is 2. The standard InChI is InChI=1S/C29H32N2O6S/c1-6-34-21-13-10-19(11-14-21)16-24-27(32)31-26(20-12-15-22(35-7-2)23(17-20)36-8-3)25(28(33)37-9-4)18(5)30-29(31)38-24/h10-17,26H,6-9H2,1-5H3/b24-16-/t26-/m0/s1. The van der Waals surface area contributed by atoms with Gasteiger partial charge >= 0.3 is 5.97 Å². The number of rotatable bonds is 10. The van der Waals surface area contributed by atoms with Gasteiger partial charge in [0.25, 0.3) is 5.56 Å². The second-order valence-electron chi connectivity index (χ2n) is 8.38. The van der Waals surface area contributed by atoms with Crippen LogP contribution in [0.1, 0.15) is 51.8 Å². The molecule has 0 unspecified atom stereocenters. The molecule has 0 bridgehead atoms. The molecule has 1 aliphatic heterocycles. The van der Waals surface area contributed by atoms with E-state index in [1.807, 2.05) is 63.2 Å². The van der Waals surface area contributed by atoms with Crippen LogP contribution in [0, 0.1) is 0 Å². The molecule has 0 aliphatic carbocycles. The van der Waals surface area contributed by atoms with Crippen LogP contribution < -0.4 is 29.1 Å². The Morgan fingerprint density at radius 2 is 1.63 bits per heavy atom. The van der Waals surface area contributed by atoms with Crippen LogP contribution in [0.25, 0.3) is 6.08 Å². The number of thiazole rings is 1. The maximum absolute atomic E-state index is 13.8. The van der Waals surface area contributed by atoms with Crippen molar-refractivity contribution in [2.75, 3.05) is 26.4 Å². The molecule has 0 N–H and O–H groups in total. The van der Waals surface area contributed by atoms with Crippen molar-refractivity contribution < 1.29 is 23.7 Å². The molecule has 38 heavy (non-hydrogen) atoms. The largest absolute Gasteiger partial charge is 0.494 e. The fourth-order valence-corrected chi connectivity index (χ4v) is 5.37. The first kappa shape index (κ1) is 27.2. The third-order valence-corrected chi connectivity index (χ3v) is 6.87. The molecule has 2 heterocycles. The van der Waals surface area contributed by atoms with E-state index >= 15 is 0 Å². The van der Waals surface area contributed by atoms with Crippen LogP contribution in [-0.2, 0) is 9.53 Å². The fourth-order valence-electron chi connectivity index (χ4n) is 4.32. The van der Waals surface area contributed by atoms with Crippen LogP contribution in [0.3, 0.4) is 0 Å². The summed E-state index contributed by atoms with van der Waals surface area (Å²) < 4.78 is 24.5. The molecule has 1 atom stereocenters. The minimum atomic E-state index is -0.734. The summed E-state index contributed by atoms with van der Waals surface area (Å²) >= 11 is 1.28. The summed E-state index contributed by atoms with van der Waals surface area (Å²) in [6.45, 7) is 10.9. The summed E-state index contributed by atoms with van der Waals surface area (Å²) in [6, 6.07) is 12.3. The number of aromatic nitrogens is 1. The Morgan fingerprint density at radius 3 is 2.29 bits per heavy atom. The number of carbonyl (C=O) groups excluding carboxylic acids is 1. The Hall–Kier alpha value is -3.85. The lowest BCUT2D eigenvalue weighted by Crippen LogP contribution is -2.40. The predicted octanol–water partition coefficient (Wildman–Crippen LogP) is 3.99. The van der Waals surface area contributed by atoms with E-state index in [1.54, 1.807) is 24.5 Å². The quantitative estimate of drug-likeness (QED) is 0.364. The maximum atomic E-state index is 13.8. The smallest absolute Gasteiger partial charge is 0.338 e. The minimum absolute atomic E-state index is 0.206. The second kappa shape index (κ2) is 12.1. The van der Waals surface area contributed by atoms with E-state index in [1.165, 1.54) is 11.3 Å². The predicted molar refractivity (Wildman–Crippen MR) is 147 cm³/mol. The summed E-state index contributed by atoms with van der Waals surface area (Å²) in [6.07, 6.45) is 1.82. The number of hydrogen-bond acceptors (Lipinski definition) is 8. The molecule has 0 saturated heterocycles. The van der Waals surface area contributed by atoms with Crippen LogP contribution in [0.5, 0.6) is 17.2 Å². The van der Waals surface area contributed by atoms with Crippen molar-refractivity contribution in [3.63, 3.8) is 0 Å². The van der Waals surface area contributed by atoms with Crippen molar-refractivity contribution in [1.82, 2.24) is 4.57 Å². The number of nitrogens with zero attached hydrogens (tertiary/aromatic N) is 2.